The monoisotopic (exact) mass is 736 g/mol. The molecule has 4 aromatic heterocycles. The van der Waals surface area contributed by atoms with E-state index in [1.807, 2.05) is 30.5 Å². The van der Waals surface area contributed by atoms with Gasteiger partial charge >= 0.3 is 0 Å². The van der Waals surface area contributed by atoms with Crippen molar-refractivity contribution in [2.45, 2.75) is 0 Å². The van der Waals surface area contributed by atoms with E-state index in [0.29, 0.717) is 0 Å². The summed E-state index contributed by atoms with van der Waals surface area (Å²) in [5.41, 5.74) is 11.9. The smallest absolute Gasteiger partial charge is 0.0972 e. The summed E-state index contributed by atoms with van der Waals surface area (Å²) < 4.78 is 0. The zero-order valence-electron chi connectivity index (χ0n) is 31.3. The second kappa shape index (κ2) is 12.9. The molecule has 0 saturated heterocycles. The minimum atomic E-state index is 0.889. The SMILES string of the molecule is c1ccc(-c2ccc3ccc4ccc(-c5ccc(-c6ccc(-c7nc8c9ccccc9c9ccccc9c8c8ccccc78)cc6)c6ncccc56)nc4c3n2)cc1. The molecule has 0 aliphatic rings. The van der Waals surface area contributed by atoms with E-state index in [4.69, 9.17) is 19.9 Å². The fraction of sp³-hybridized carbons (Fsp3) is 0. The number of rotatable bonds is 4. The van der Waals surface area contributed by atoms with Crippen LogP contribution in [0.25, 0.3) is 121 Å². The molecule has 0 spiro atoms. The molecule has 0 bridgehead atoms. The average molecular weight is 737 g/mol. The number of nitrogens with zero attached hydrogens (tertiary/aromatic N) is 4. The lowest BCUT2D eigenvalue weighted by Crippen LogP contribution is -1.94. The Labute approximate surface area is 333 Å². The molecule has 0 aliphatic carbocycles. The molecular formula is C54H32N4. The predicted molar refractivity (Wildman–Crippen MR) is 242 cm³/mol. The van der Waals surface area contributed by atoms with Gasteiger partial charge in [0.25, 0.3) is 0 Å². The molecule has 4 heteroatoms. The number of hydrogen-bond acceptors (Lipinski definition) is 4. The second-order valence-corrected chi connectivity index (χ2v) is 14.9. The highest BCUT2D eigenvalue weighted by Crippen LogP contribution is 2.42. The van der Waals surface area contributed by atoms with Crippen molar-refractivity contribution >= 4 is 75.9 Å². The van der Waals surface area contributed by atoms with Gasteiger partial charge in [0.2, 0.25) is 0 Å². The van der Waals surface area contributed by atoms with E-state index in [0.717, 1.165) is 88.5 Å². The molecule has 4 nitrogen and oxygen atoms in total. The molecule has 0 saturated carbocycles. The van der Waals surface area contributed by atoms with Crippen LogP contribution in [-0.2, 0) is 0 Å². The summed E-state index contributed by atoms with van der Waals surface area (Å²) in [4.78, 5) is 20.9. The van der Waals surface area contributed by atoms with E-state index in [1.165, 1.54) is 32.3 Å². The summed E-state index contributed by atoms with van der Waals surface area (Å²) in [6, 6.07) is 66.4. The van der Waals surface area contributed by atoms with Crippen LogP contribution >= 0.6 is 0 Å². The molecule has 12 rings (SSSR count). The molecule has 0 atom stereocenters. The van der Waals surface area contributed by atoms with Gasteiger partial charge in [-0.25, -0.2) is 15.0 Å². The normalized spacial score (nSPS) is 11.8. The molecule has 58 heavy (non-hydrogen) atoms. The Kier molecular flexibility index (Phi) is 7.20. The summed E-state index contributed by atoms with van der Waals surface area (Å²) >= 11 is 0. The van der Waals surface area contributed by atoms with E-state index in [2.05, 4.69) is 164 Å². The lowest BCUT2D eigenvalue weighted by atomic mass is 9.92. The third-order valence-electron chi connectivity index (χ3n) is 11.7. The fourth-order valence-corrected chi connectivity index (χ4v) is 8.94. The van der Waals surface area contributed by atoms with Crippen LogP contribution in [0.2, 0.25) is 0 Å². The van der Waals surface area contributed by atoms with Gasteiger partial charge in [0.1, 0.15) is 0 Å². The van der Waals surface area contributed by atoms with E-state index < -0.39 is 0 Å². The van der Waals surface area contributed by atoms with Crippen LogP contribution < -0.4 is 0 Å². The molecule has 0 aliphatic heterocycles. The largest absolute Gasteiger partial charge is 0.256 e. The van der Waals surface area contributed by atoms with Crippen molar-refractivity contribution in [1.82, 2.24) is 19.9 Å². The van der Waals surface area contributed by atoms with Gasteiger partial charge in [0.15, 0.2) is 0 Å². The van der Waals surface area contributed by atoms with E-state index in [1.54, 1.807) is 0 Å². The van der Waals surface area contributed by atoms with Crippen molar-refractivity contribution in [3.8, 4) is 44.9 Å². The van der Waals surface area contributed by atoms with Gasteiger partial charge in [-0.1, -0.05) is 170 Å². The molecule has 0 amide bonds. The number of hydrogen-bond donors (Lipinski definition) is 0. The lowest BCUT2D eigenvalue weighted by Gasteiger charge is -2.15. The Balaban J connectivity index is 0.979. The number of benzene rings is 8. The van der Waals surface area contributed by atoms with Crippen LogP contribution in [0.5, 0.6) is 0 Å². The highest BCUT2D eigenvalue weighted by atomic mass is 14.8. The quantitative estimate of drug-likeness (QED) is 0.169. The Morgan fingerprint density at radius 2 is 0.810 bits per heavy atom. The highest BCUT2D eigenvalue weighted by molar-refractivity contribution is 6.31. The molecule has 8 aromatic carbocycles. The maximum absolute atomic E-state index is 5.49. The molecule has 4 heterocycles. The Hall–Kier alpha value is -7.82. The first-order valence-corrected chi connectivity index (χ1v) is 19.6. The van der Waals surface area contributed by atoms with Gasteiger partial charge in [-0.3, -0.25) is 4.98 Å². The topological polar surface area (TPSA) is 51.6 Å². The van der Waals surface area contributed by atoms with Gasteiger partial charge in [0, 0.05) is 60.8 Å². The minimum absolute atomic E-state index is 0.889. The van der Waals surface area contributed by atoms with Crippen LogP contribution in [0.15, 0.2) is 194 Å². The van der Waals surface area contributed by atoms with Gasteiger partial charge < -0.3 is 0 Å². The van der Waals surface area contributed by atoms with Gasteiger partial charge in [-0.05, 0) is 45.3 Å². The Bertz CT molecular complexity index is 3610. The van der Waals surface area contributed by atoms with Crippen molar-refractivity contribution in [3.05, 3.63) is 194 Å². The first-order valence-electron chi connectivity index (χ1n) is 19.6. The van der Waals surface area contributed by atoms with Gasteiger partial charge in [-0.15, -0.1) is 0 Å². The van der Waals surface area contributed by atoms with Gasteiger partial charge in [-0.2, -0.15) is 0 Å². The summed E-state index contributed by atoms with van der Waals surface area (Å²) in [7, 11) is 0. The summed E-state index contributed by atoms with van der Waals surface area (Å²) in [5.74, 6) is 0. The Morgan fingerprint density at radius 3 is 1.55 bits per heavy atom. The first kappa shape index (κ1) is 32.4. The number of fused-ring (bicyclic) bond motifs is 12. The zero-order valence-corrected chi connectivity index (χ0v) is 31.3. The number of aromatic nitrogens is 4. The molecule has 0 radical (unpaired) electrons. The predicted octanol–water partition coefficient (Wildman–Crippen LogP) is 14.0. The van der Waals surface area contributed by atoms with Crippen LogP contribution in [-0.4, -0.2) is 19.9 Å². The van der Waals surface area contributed by atoms with E-state index in [-0.39, 0.29) is 0 Å². The maximum Gasteiger partial charge on any atom is 0.0972 e. The zero-order chi connectivity index (χ0) is 38.2. The van der Waals surface area contributed by atoms with Crippen molar-refractivity contribution < 1.29 is 0 Å². The standard InChI is InChI=1S/C54H32N4/c1-2-11-34(12-3-1)47-30-26-36-24-25-37-27-31-48(57-52(37)51(36)56-47)41-29-28-38(53-45(41)19-10-32-55-53)33-20-22-35(23-21-33)50-46-18-9-7-16-43(46)49-42-15-6-4-13-39(42)40-14-5-8-17-44(40)54(49)58-50/h1-32H. The first-order chi connectivity index (χ1) is 28.8. The van der Waals surface area contributed by atoms with E-state index >= 15 is 0 Å². The van der Waals surface area contributed by atoms with E-state index in [9.17, 15) is 0 Å². The minimum Gasteiger partial charge on any atom is -0.256 e. The van der Waals surface area contributed by atoms with Crippen molar-refractivity contribution in [1.29, 1.82) is 0 Å². The molecule has 268 valence electrons. The number of pyridine rings is 4. The van der Waals surface area contributed by atoms with Crippen LogP contribution in [0.4, 0.5) is 0 Å². The third-order valence-corrected chi connectivity index (χ3v) is 11.7. The highest BCUT2D eigenvalue weighted by Gasteiger charge is 2.18. The van der Waals surface area contributed by atoms with Crippen molar-refractivity contribution in [3.63, 3.8) is 0 Å². The molecule has 0 fully saturated rings. The maximum atomic E-state index is 5.49. The fourth-order valence-electron chi connectivity index (χ4n) is 8.94. The molecule has 0 N–H and O–H groups in total. The average Bonchev–Trinajstić information content (AvgIpc) is 3.31. The van der Waals surface area contributed by atoms with Crippen LogP contribution in [0, 0.1) is 0 Å². The van der Waals surface area contributed by atoms with Crippen LogP contribution in [0.3, 0.4) is 0 Å². The molecule has 12 aromatic rings. The summed E-state index contributed by atoms with van der Waals surface area (Å²) in [5, 5.41) is 11.6. The summed E-state index contributed by atoms with van der Waals surface area (Å²) in [6.07, 6.45) is 1.87. The second-order valence-electron chi connectivity index (χ2n) is 14.9. The van der Waals surface area contributed by atoms with Crippen molar-refractivity contribution in [2.24, 2.45) is 0 Å². The van der Waals surface area contributed by atoms with Crippen molar-refractivity contribution in [2.75, 3.05) is 0 Å². The summed E-state index contributed by atoms with van der Waals surface area (Å²) in [6.45, 7) is 0. The molecule has 0 unspecified atom stereocenters. The van der Waals surface area contributed by atoms with Gasteiger partial charge in [0.05, 0.1) is 39.1 Å². The third kappa shape index (κ3) is 5.02. The van der Waals surface area contributed by atoms with Crippen LogP contribution in [0.1, 0.15) is 0 Å². The Morgan fingerprint density at radius 1 is 0.276 bits per heavy atom. The molecular weight excluding hydrogens is 705 g/mol. The lowest BCUT2D eigenvalue weighted by molar-refractivity contribution is 1.36.